The number of benzene rings is 2. The maximum Gasteiger partial charge on any atom is 0.245 e. The zero-order chi connectivity index (χ0) is 21.4. The predicted octanol–water partition coefficient (Wildman–Crippen LogP) is 4.31. The summed E-state index contributed by atoms with van der Waals surface area (Å²) in [6, 6.07) is 9.65. The van der Waals surface area contributed by atoms with Gasteiger partial charge in [0.05, 0.1) is 6.21 Å². The molecule has 4 aromatic rings. The fourth-order valence-corrected chi connectivity index (χ4v) is 3.44. The van der Waals surface area contributed by atoms with Crippen LogP contribution >= 0.6 is 15.9 Å². The van der Waals surface area contributed by atoms with Gasteiger partial charge in [0, 0.05) is 15.7 Å². The average molecular weight is 482 g/mol. The van der Waals surface area contributed by atoms with Crippen LogP contribution in [0.3, 0.4) is 0 Å². The van der Waals surface area contributed by atoms with Gasteiger partial charge in [-0.2, -0.15) is 10.1 Å². The number of aromatic nitrogens is 4. The highest BCUT2D eigenvalue weighted by molar-refractivity contribution is 9.10. The Morgan fingerprint density at radius 2 is 1.77 bits per heavy atom. The monoisotopic (exact) mass is 481 g/mol. The van der Waals surface area contributed by atoms with E-state index in [9.17, 15) is 0 Å². The van der Waals surface area contributed by atoms with Crippen molar-refractivity contribution in [3.05, 3.63) is 51.5 Å². The second-order valence-corrected chi connectivity index (χ2v) is 7.66. The fourth-order valence-electron chi connectivity index (χ4n) is 3.01. The molecule has 0 fully saturated rings. The molecule has 1 aliphatic rings. The van der Waals surface area contributed by atoms with Gasteiger partial charge in [-0.25, -0.2) is 9.61 Å². The standard InChI is InChI=1S/C20H16BrN7O3/c1-10-4-3-5-14(11(10)2)23-17-18(25-20-19(24-17)27-31-28-20)26-22-8-12-6-15-16(7-13(12)21)30-9-29-15/h3-8H,9H2,1-2H3,(H,23,24,27)(H,25,26,28). The van der Waals surface area contributed by atoms with Crippen molar-refractivity contribution in [2.75, 3.05) is 17.5 Å². The molecule has 0 amide bonds. The molecule has 10 nitrogen and oxygen atoms in total. The van der Waals surface area contributed by atoms with Crippen molar-refractivity contribution in [2.24, 2.45) is 5.10 Å². The van der Waals surface area contributed by atoms with E-state index in [1.807, 2.05) is 44.2 Å². The van der Waals surface area contributed by atoms with E-state index in [2.05, 4.69) is 52.1 Å². The number of fused-ring (bicyclic) bond motifs is 2. The van der Waals surface area contributed by atoms with E-state index in [-0.39, 0.29) is 12.4 Å². The lowest BCUT2D eigenvalue weighted by molar-refractivity contribution is 0.174. The maximum absolute atomic E-state index is 5.42. The third-order valence-corrected chi connectivity index (χ3v) is 5.52. The molecule has 156 valence electrons. The molecule has 5 rings (SSSR count). The van der Waals surface area contributed by atoms with Gasteiger partial charge in [-0.3, -0.25) is 5.43 Å². The molecule has 0 saturated heterocycles. The number of nitrogens with zero attached hydrogens (tertiary/aromatic N) is 5. The Kier molecular flexibility index (Phi) is 4.86. The molecule has 1 aliphatic heterocycles. The zero-order valence-electron chi connectivity index (χ0n) is 16.5. The Labute approximate surface area is 184 Å². The van der Waals surface area contributed by atoms with Gasteiger partial charge in [0.2, 0.25) is 18.1 Å². The van der Waals surface area contributed by atoms with E-state index in [1.165, 1.54) is 0 Å². The van der Waals surface area contributed by atoms with E-state index in [1.54, 1.807) is 6.21 Å². The van der Waals surface area contributed by atoms with Gasteiger partial charge in [0.1, 0.15) is 0 Å². The van der Waals surface area contributed by atoms with Crippen molar-refractivity contribution in [3.8, 4) is 11.5 Å². The second kappa shape index (κ2) is 7.84. The minimum Gasteiger partial charge on any atom is -0.454 e. The molecule has 0 spiro atoms. The summed E-state index contributed by atoms with van der Waals surface area (Å²) >= 11 is 3.51. The van der Waals surface area contributed by atoms with Gasteiger partial charge < -0.3 is 14.8 Å². The second-order valence-electron chi connectivity index (χ2n) is 6.80. The zero-order valence-corrected chi connectivity index (χ0v) is 18.1. The van der Waals surface area contributed by atoms with Gasteiger partial charge in [-0.05, 0) is 69.4 Å². The molecule has 3 heterocycles. The van der Waals surface area contributed by atoms with E-state index < -0.39 is 0 Å². The Hall–Kier alpha value is -3.73. The molecule has 11 heteroatoms. The number of nitrogens with one attached hydrogen (secondary N) is 2. The highest BCUT2D eigenvalue weighted by Crippen LogP contribution is 2.36. The predicted molar refractivity (Wildman–Crippen MR) is 118 cm³/mol. The van der Waals surface area contributed by atoms with Crippen molar-refractivity contribution in [1.82, 2.24) is 20.3 Å². The number of hydrogen-bond acceptors (Lipinski definition) is 10. The van der Waals surface area contributed by atoms with Gasteiger partial charge in [0.25, 0.3) is 0 Å². The highest BCUT2D eigenvalue weighted by Gasteiger charge is 2.16. The Morgan fingerprint density at radius 1 is 1.03 bits per heavy atom. The summed E-state index contributed by atoms with van der Waals surface area (Å²) < 4.78 is 16.4. The summed E-state index contributed by atoms with van der Waals surface area (Å²) in [6.45, 7) is 4.28. The number of hydrazone groups is 1. The first-order valence-electron chi connectivity index (χ1n) is 9.30. The Bertz CT molecular complexity index is 1320. The molecule has 2 N–H and O–H groups in total. The lowest BCUT2D eigenvalue weighted by Gasteiger charge is -2.12. The number of rotatable bonds is 5. The van der Waals surface area contributed by atoms with Crippen molar-refractivity contribution in [2.45, 2.75) is 13.8 Å². The SMILES string of the molecule is Cc1cccc(Nc2nc3nonc3nc2NN=Cc2cc3c(cc2Br)OCO3)c1C. The van der Waals surface area contributed by atoms with Gasteiger partial charge in [-0.1, -0.05) is 12.1 Å². The molecular weight excluding hydrogens is 466 g/mol. The number of aryl methyl sites for hydroxylation is 1. The van der Waals surface area contributed by atoms with Crippen LogP contribution in [0.25, 0.3) is 11.3 Å². The van der Waals surface area contributed by atoms with E-state index in [0.717, 1.165) is 26.9 Å². The first-order valence-corrected chi connectivity index (χ1v) is 10.1. The molecule has 31 heavy (non-hydrogen) atoms. The average Bonchev–Trinajstić information content (AvgIpc) is 3.40. The molecule has 0 saturated carbocycles. The third kappa shape index (κ3) is 3.75. The van der Waals surface area contributed by atoms with Crippen LogP contribution in [0.1, 0.15) is 16.7 Å². The number of hydrogen-bond donors (Lipinski definition) is 2. The van der Waals surface area contributed by atoms with Crippen molar-refractivity contribution in [1.29, 1.82) is 0 Å². The summed E-state index contributed by atoms with van der Waals surface area (Å²) in [6.07, 6.45) is 1.64. The Balaban J connectivity index is 1.46. The minimum absolute atomic E-state index is 0.204. The summed E-state index contributed by atoms with van der Waals surface area (Å²) in [7, 11) is 0. The molecule has 0 radical (unpaired) electrons. The smallest absolute Gasteiger partial charge is 0.245 e. The van der Waals surface area contributed by atoms with Crippen LogP contribution < -0.4 is 20.2 Å². The third-order valence-electron chi connectivity index (χ3n) is 4.84. The van der Waals surface area contributed by atoms with Crippen molar-refractivity contribution < 1.29 is 14.1 Å². The van der Waals surface area contributed by atoms with Crippen molar-refractivity contribution >= 4 is 50.8 Å². The lowest BCUT2D eigenvalue weighted by Crippen LogP contribution is -2.04. The summed E-state index contributed by atoms with van der Waals surface area (Å²) in [5.41, 5.74) is 7.44. The van der Waals surface area contributed by atoms with Crippen LogP contribution in [0.15, 0.2) is 44.5 Å². The lowest BCUT2D eigenvalue weighted by atomic mass is 10.1. The minimum atomic E-state index is 0.204. The van der Waals surface area contributed by atoms with E-state index >= 15 is 0 Å². The topological polar surface area (TPSA) is 120 Å². The van der Waals surface area contributed by atoms with Crippen molar-refractivity contribution in [3.63, 3.8) is 0 Å². The quantitative estimate of drug-likeness (QED) is 0.317. The summed E-state index contributed by atoms with van der Waals surface area (Å²) in [5, 5.41) is 15.1. The van der Waals surface area contributed by atoms with Crippen LogP contribution in [0.5, 0.6) is 11.5 Å². The van der Waals surface area contributed by atoms with Crippen LogP contribution in [0.2, 0.25) is 0 Å². The molecule has 0 atom stereocenters. The fraction of sp³-hybridized carbons (Fsp3) is 0.150. The molecule has 0 unspecified atom stereocenters. The molecule has 0 aliphatic carbocycles. The van der Waals surface area contributed by atoms with Crippen LogP contribution in [-0.2, 0) is 0 Å². The van der Waals surface area contributed by atoms with Gasteiger partial charge >= 0.3 is 0 Å². The number of halogens is 1. The maximum atomic E-state index is 5.42. The largest absolute Gasteiger partial charge is 0.454 e. The van der Waals surface area contributed by atoms with Gasteiger partial charge in [0.15, 0.2) is 23.1 Å². The summed E-state index contributed by atoms with van der Waals surface area (Å²) in [4.78, 5) is 8.89. The van der Waals surface area contributed by atoms with E-state index in [0.29, 0.717) is 28.8 Å². The molecular formula is C20H16BrN7O3. The first kappa shape index (κ1) is 19.2. The first-order chi connectivity index (χ1) is 15.1. The highest BCUT2D eigenvalue weighted by atomic mass is 79.9. The van der Waals surface area contributed by atoms with E-state index in [4.69, 9.17) is 14.1 Å². The van der Waals surface area contributed by atoms with Crippen LogP contribution in [0.4, 0.5) is 17.3 Å². The number of anilines is 3. The molecule has 0 bridgehead atoms. The van der Waals surface area contributed by atoms with Gasteiger partial charge in [-0.15, -0.1) is 0 Å². The Morgan fingerprint density at radius 3 is 2.58 bits per heavy atom. The molecule has 2 aromatic carbocycles. The van der Waals surface area contributed by atoms with Crippen LogP contribution in [-0.4, -0.2) is 33.3 Å². The van der Waals surface area contributed by atoms with Crippen LogP contribution in [0, 0.1) is 13.8 Å². The summed E-state index contributed by atoms with van der Waals surface area (Å²) in [5.74, 6) is 2.17. The molecule has 2 aromatic heterocycles. The number of ether oxygens (including phenoxy) is 2. The normalized spacial score (nSPS) is 12.6.